The van der Waals surface area contributed by atoms with Crippen molar-refractivity contribution in [3.8, 4) is 5.75 Å². The van der Waals surface area contributed by atoms with Gasteiger partial charge in [0.15, 0.2) is 0 Å². The Kier molecular flexibility index (Phi) is 5.39. The van der Waals surface area contributed by atoms with Crippen molar-refractivity contribution < 1.29 is 9.53 Å². The molecule has 2 aromatic carbocycles. The van der Waals surface area contributed by atoms with Crippen LogP contribution in [0.3, 0.4) is 0 Å². The summed E-state index contributed by atoms with van der Waals surface area (Å²) in [6.07, 6.45) is 0.319. The van der Waals surface area contributed by atoms with Crippen molar-refractivity contribution in [2.75, 3.05) is 11.9 Å². The van der Waals surface area contributed by atoms with E-state index in [0.29, 0.717) is 13.0 Å². The Labute approximate surface area is 133 Å². The van der Waals surface area contributed by atoms with E-state index >= 15 is 0 Å². The van der Waals surface area contributed by atoms with E-state index in [0.717, 1.165) is 27.0 Å². The van der Waals surface area contributed by atoms with Crippen molar-refractivity contribution in [1.82, 2.24) is 0 Å². The fraction of sp³-hybridized carbons (Fsp3) is 0.235. The Morgan fingerprint density at radius 2 is 2.00 bits per heavy atom. The molecule has 0 aliphatic heterocycles. The first-order chi connectivity index (χ1) is 10.0. The number of rotatable bonds is 5. The van der Waals surface area contributed by atoms with Crippen LogP contribution in [0.15, 0.2) is 46.9 Å². The Balaban J connectivity index is 1.84. The highest BCUT2D eigenvalue weighted by Gasteiger charge is 2.06. The van der Waals surface area contributed by atoms with Crippen molar-refractivity contribution in [1.29, 1.82) is 0 Å². The van der Waals surface area contributed by atoms with Crippen LogP contribution in [-0.4, -0.2) is 12.5 Å². The number of anilines is 1. The molecule has 0 aromatic heterocycles. The molecule has 0 atom stereocenters. The van der Waals surface area contributed by atoms with Crippen LogP contribution in [0.4, 0.5) is 5.69 Å². The SMILES string of the molecule is Cc1cccc(OCCC(=O)Nc2cc(Br)ccc2C)c1. The van der Waals surface area contributed by atoms with E-state index in [4.69, 9.17) is 4.74 Å². The second-order valence-electron chi connectivity index (χ2n) is 4.92. The maximum atomic E-state index is 11.9. The van der Waals surface area contributed by atoms with Crippen LogP contribution in [0.1, 0.15) is 17.5 Å². The molecule has 0 fully saturated rings. The summed E-state index contributed by atoms with van der Waals surface area (Å²) < 4.78 is 6.52. The van der Waals surface area contributed by atoms with Gasteiger partial charge in [-0.05, 0) is 49.2 Å². The fourth-order valence-electron chi connectivity index (χ4n) is 1.91. The van der Waals surface area contributed by atoms with Crippen molar-refractivity contribution in [3.63, 3.8) is 0 Å². The van der Waals surface area contributed by atoms with Gasteiger partial charge in [0.1, 0.15) is 5.75 Å². The highest BCUT2D eigenvalue weighted by Crippen LogP contribution is 2.20. The van der Waals surface area contributed by atoms with Crippen molar-refractivity contribution in [3.05, 3.63) is 58.1 Å². The van der Waals surface area contributed by atoms with Crippen LogP contribution in [0, 0.1) is 13.8 Å². The number of nitrogens with one attached hydrogen (secondary N) is 1. The standard InChI is InChI=1S/C17H18BrNO2/c1-12-4-3-5-15(10-12)21-9-8-17(20)19-16-11-14(18)7-6-13(16)2/h3-7,10-11H,8-9H2,1-2H3,(H,19,20). The lowest BCUT2D eigenvalue weighted by Crippen LogP contribution is -2.15. The summed E-state index contributed by atoms with van der Waals surface area (Å²) in [4.78, 5) is 11.9. The van der Waals surface area contributed by atoms with Crippen LogP contribution in [0.25, 0.3) is 0 Å². The Bertz CT molecular complexity index is 640. The van der Waals surface area contributed by atoms with Gasteiger partial charge in [0.2, 0.25) is 5.91 Å². The van der Waals surface area contributed by atoms with Crippen LogP contribution >= 0.6 is 15.9 Å². The molecule has 2 rings (SSSR count). The van der Waals surface area contributed by atoms with Crippen molar-refractivity contribution >= 4 is 27.5 Å². The van der Waals surface area contributed by atoms with Gasteiger partial charge in [0, 0.05) is 10.2 Å². The predicted molar refractivity (Wildman–Crippen MR) is 88.8 cm³/mol. The van der Waals surface area contributed by atoms with Gasteiger partial charge in [-0.25, -0.2) is 0 Å². The van der Waals surface area contributed by atoms with E-state index in [-0.39, 0.29) is 5.91 Å². The summed E-state index contributed by atoms with van der Waals surface area (Å²) in [6.45, 7) is 4.34. The number of aryl methyl sites for hydroxylation is 2. The molecule has 3 nitrogen and oxygen atoms in total. The lowest BCUT2D eigenvalue weighted by molar-refractivity contribution is -0.116. The number of ether oxygens (including phenoxy) is 1. The molecule has 21 heavy (non-hydrogen) atoms. The number of carbonyl (C=O) groups excluding carboxylic acids is 1. The van der Waals surface area contributed by atoms with Gasteiger partial charge in [-0.1, -0.05) is 34.1 Å². The molecule has 0 bridgehead atoms. The molecule has 0 aliphatic carbocycles. The van der Waals surface area contributed by atoms with Gasteiger partial charge in [0.25, 0.3) is 0 Å². The summed E-state index contributed by atoms with van der Waals surface area (Å²) >= 11 is 3.40. The van der Waals surface area contributed by atoms with Crippen molar-refractivity contribution in [2.24, 2.45) is 0 Å². The van der Waals surface area contributed by atoms with E-state index in [9.17, 15) is 4.79 Å². The summed E-state index contributed by atoms with van der Waals surface area (Å²) in [5, 5.41) is 2.90. The van der Waals surface area contributed by atoms with Gasteiger partial charge >= 0.3 is 0 Å². The molecule has 1 amide bonds. The second kappa shape index (κ2) is 7.27. The number of carbonyl (C=O) groups is 1. The van der Waals surface area contributed by atoms with Crippen LogP contribution in [0.5, 0.6) is 5.75 Å². The molecule has 110 valence electrons. The molecule has 0 heterocycles. The first kappa shape index (κ1) is 15.6. The lowest BCUT2D eigenvalue weighted by atomic mass is 10.2. The number of benzene rings is 2. The highest BCUT2D eigenvalue weighted by molar-refractivity contribution is 9.10. The zero-order chi connectivity index (χ0) is 15.2. The van der Waals surface area contributed by atoms with E-state index in [1.165, 1.54) is 0 Å². The summed E-state index contributed by atoms with van der Waals surface area (Å²) in [7, 11) is 0. The Hall–Kier alpha value is -1.81. The lowest BCUT2D eigenvalue weighted by Gasteiger charge is -2.10. The molecule has 0 saturated heterocycles. The molecule has 2 aromatic rings. The van der Waals surface area contributed by atoms with Crippen LogP contribution in [-0.2, 0) is 4.79 Å². The minimum absolute atomic E-state index is 0.0520. The average molecular weight is 348 g/mol. The Morgan fingerprint density at radius 1 is 1.19 bits per heavy atom. The van der Waals surface area contributed by atoms with Gasteiger partial charge < -0.3 is 10.1 Å². The first-order valence-electron chi connectivity index (χ1n) is 6.80. The summed E-state index contributed by atoms with van der Waals surface area (Å²) in [6, 6.07) is 13.6. The number of amides is 1. The van der Waals surface area contributed by atoms with Gasteiger partial charge in [0.05, 0.1) is 13.0 Å². The third-order valence-corrected chi connectivity index (χ3v) is 3.55. The van der Waals surface area contributed by atoms with E-state index in [1.807, 2.05) is 56.3 Å². The third kappa shape index (κ3) is 4.90. The average Bonchev–Trinajstić information content (AvgIpc) is 2.43. The van der Waals surface area contributed by atoms with Gasteiger partial charge in [-0.2, -0.15) is 0 Å². The zero-order valence-corrected chi connectivity index (χ0v) is 13.7. The molecule has 0 spiro atoms. The molecule has 1 N–H and O–H groups in total. The first-order valence-corrected chi connectivity index (χ1v) is 7.59. The largest absolute Gasteiger partial charge is 0.493 e. The zero-order valence-electron chi connectivity index (χ0n) is 12.2. The highest BCUT2D eigenvalue weighted by atomic mass is 79.9. The van der Waals surface area contributed by atoms with E-state index < -0.39 is 0 Å². The topological polar surface area (TPSA) is 38.3 Å². The Morgan fingerprint density at radius 3 is 2.76 bits per heavy atom. The molecule has 4 heteroatoms. The maximum absolute atomic E-state index is 11.9. The number of halogens is 1. The smallest absolute Gasteiger partial charge is 0.227 e. The minimum Gasteiger partial charge on any atom is -0.493 e. The van der Waals surface area contributed by atoms with Crippen LogP contribution in [0.2, 0.25) is 0 Å². The van der Waals surface area contributed by atoms with Crippen LogP contribution < -0.4 is 10.1 Å². The van der Waals surface area contributed by atoms with Gasteiger partial charge in [-0.3, -0.25) is 4.79 Å². The monoisotopic (exact) mass is 347 g/mol. The minimum atomic E-state index is -0.0520. The molecular formula is C17H18BrNO2. The molecular weight excluding hydrogens is 330 g/mol. The maximum Gasteiger partial charge on any atom is 0.227 e. The fourth-order valence-corrected chi connectivity index (χ4v) is 2.27. The third-order valence-electron chi connectivity index (χ3n) is 3.06. The quantitative estimate of drug-likeness (QED) is 0.866. The predicted octanol–water partition coefficient (Wildman–Crippen LogP) is 4.47. The molecule has 0 unspecified atom stereocenters. The summed E-state index contributed by atoms with van der Waals surface area (Å²) in [5.41, 5.74) is 3.00. The number of hydrogen-bond donors (Lipinski definition) is 1. The van der Waals surface area contributed by atoms with Gasteiger partial charge in [-0.15, -0.1) is 0 Å². The van der Waals surface area contributed by atoms with E-state index in [2.05, 4.69) is 21.2 Å². The normalized spacial score (nSPS) is 10.2. The van der Waals surface area contributed by atoms with E-state index in [1.54, 1.807) is 0 Å². The van der Waals surface area contributed by atoms with Crippen molar-refractivity contribution in [2.45, 2.75) is 20.3 Å². The molecule has 0 saturated carbocycles. The molecule has 0 aliphatic rings. The molecule has 0 radical (unpaired) electrons. The second-order valence-corrected chi connectivity index (χ2v) is 5.84. The summed E-state index contributed by atoms with van der Waals surface area (Å²) in [5.74, 6) is 0.741. The number of hydrogen-bond acceptors (Lipinski definition) is 2.